The molecule has 90 valence electrons. The van der Waals surface area contributed by atoms with Crippen LogP contribution in [0, 0.1) is 5.82 Å². The van der Waals surface area contributed by atoms with Gasteiger partial charge in [0, 0.05) is 11.0 Å². The number of halogens is 1. The maximum atomic E-state index is 13.1. The van der Waals surface area contributed by atoms with Crippen LogP contribution in [-0.2, 0) is 0 Å². The van der Waals surface area contributed by atoms with Gasteiger partial charge in [-0.15, -0.1) is 0 Å². The van der Waals surface area contributed by atoms with Crippen LogP contribution in [0.4, 0.5) is 4.39 Å². The summed E-state index contributed by atoms with van der Waals surface area (Å²) < 4.78 is 19.1. The van der Waals surface area contributed by atoms with Gasteiger partial charge in [0.25, 0.3) is 0 Å². The van der Waals surface area contributed by atoms with Gasteiger partial charge in [0.05, 0.1) is 12.0 Å². The van der Waals surface area contributed by atoms with E-state index in [-0.39, 0.29) is 17.2 Å². The summed E-state index contributed by atoms with van der Waals surface area (Å²) in [5.41, 5.74) is 0.0339. The van der Waals surface area contributed by atoms with Gasteiger partial charge in [-0.3, -0.25) is 4.79 Å². The molecule has 2 unspecified atom stereocenters. The molecule has 0 saturated carbocycles. The SMILES string of the molecule is CC1CC2(CS1)CC(=O)c1cc(F)ccc1O2. The van der Waals surface area contributed by atoms with Crippen LogP contribution in [0.15, 0.2) is 18.2 Å². The number of fused-ring (bicyclic) bond motifs is 1. The number of hydrogen-bond acceptors (Lipinski definition) is 3. The highest BCUT2D eigenvalue weighted by Gasteiger charge is 2.45. The van der Waals surface area contributed by atoms with E-state index in [1.54, 1.807) is 6.07 Å². The van der Waals surface area contributed by atoms with Gasteiger partial charge < -0.3 is 4.74 Å². The predicted molar refractivity (Wildman–Crippen MR) is 65.2 cm³/mol. The zero-order chi connectivity index (χ0) is 12.0. The molecule has 4 heteroatoms. The van der Waals surface area contributed by atoms with E-state index >= 15 is 0 Å². The molecule has 0 amide bonds. The minimum atomic E-state index is -0.384. The van der Waals surface area contributed by atoms with Crippen molar-refractivity contribution < 1.29 is 13.9 Å². The molecular weight excluding hydrogens is 239 g/mol. The summed E-state index contributed by atoms with van der Waals surface area (Å²) in [7, 11) is 0. The lowest BCUT2D eigenvalue weighted by atomic mass is 9.88. The molecule has 0 N–H and O–H groups in total. The fraction of sp³-hybridized carbons (Fsp3) is 0.462. The molecule has 1 saturated heterocycles. The first kappa shape index (κ1) is 11.1. The average molecular weight is 252 g/mol. The molecule has 1 aromatic carbocycles. The maximum absolute atomic E-state index is 13.1. The molecule has 1 spiro atoms. The molecule has 2 aliphatic rings. The standard InChI is InChI=1S/C13H13FO2S/c1-8-5-13(7-17-8)6-11(15)10-4-9(14)2-3-12(10)16-13/h2-4,8H,5-7H2,1H3. The van der Waals surface area contributed by atoms with Gasteiger partial charge in [-0.25, -0.2) is 4.39 Å². The van der Waals surface area contributed by atoms with Gasteiger partial charge in [-0.2, -0.15) is 11.8 Å². The van der Waals surface area contributed by atoms with Gasteiger partial charge in [0.1, 0.15) is 17.2 Å². The lowest BCUT2D eigenvalue weighted by Gasteiger charge is -2.34. The summed E-state index contributed by atoms with van der Waals surface area (Å²) >= 11 is 1.83. The Bertz CT molecular complexity index is 488. The first-order valence-corrected chi connectivity index (χ1v) is 6.76. The Labute approximate surface area is 104 Å². The van der Waals surface area contributed by atoms with Gasteiger partial charge in [-0.05, 0) is 24.6 Å². The first-order valence-electron chi connectivity index (χ1n) is 5.71. The number of Topliss-reactive ketones (excluding diaryl/α,β-unsaturated/α-hetero) is 1. The zero-order valence-corrected chi connectivity index (χ0v) is 10.3. The Morgan fingerprint density at radius 1 is 1.53 bits per heavy atom. The second kappa shape index (κ2) is 3.73. The lowest BCUT2D eigenvalue weighted by Crippen LogP contribution is -2.42. The molecule has 17 heavy (non-hydrogen) atoms. The number of carbonyl (C=O) groups excluding carboxylic acids is 1. The molecule has 0 bridgehead atoms. The number of hydrogen-bond donors (Lipinski definition) is 0. The quantitative estimate of drug-likeness (QED) is 0.710. The van der Waals surface area contributed by atoms with Crippen LogP contribution in [0.2, 0.25) is 0 Å². The summed E-state index contributed by atoms with van der Waals surface area (Å²) in [5.74, 6) is 1.00. The highest BCUT2D eigenvalue weighted by molar-refractivity contribution is 8.00. The largest absolute Gasteiger partial charge is 0.485 e. The van der Waals surface area contributed by atoms with E-state index in [2.05, 4.69) is 6.92 Å². The molecule has 0 aromatic heterocycles. The molecule has 1 aromatic rings. The predicted octanol–water partition coefficient (Wildman–Crippen LogP) is 3.06. The summed E-state index contributed by atoms with van der Waals surface area (Å²) in [6.07, 6.45) is 1.26. The summed E-state index contributed by atoms with van der Waals surface area (Å²) in [4.78, 5) is 12.0. The number of ether oxygens (including phenoxy) is 1. The van der Waals surface area contributed by atoms with Crippen molar-refractivity contribution in [2.45, 2.75) is 30.6 Å². The van der Waals surface area contributed by atoms with E-state index in [1.807, 2.05) is 11.8 Å². The monoisotopic (exact) mass is 252 g/mol. The average Bonchev–Trinajstić information content (AvgIpc) is 2.61. The van der Waals surface area contributed by atoms with Crippen molar-refractivity contribution in [2.24, 2.45) is 0 Å². The molecule has 2 atom stereocenters. The third-order valence-electron chi connectivity index (χ3n) is 3.34. The van der Waals surface area contributed by atoms with Gasteiger partial charge in [0.15, 0.2) is 5.78 Å². The van der Waals surface area contributed by atoms with Crippen molar-refractivity contribution in [1.29, 1.82) is 0 Å². The van der Waals surface area contributed by atoms with E-state index in [9.17, 15) is 9.18 Å². The van der Waals surface area contributed by atoms with Crippen LogP contribution in [0.25, 0.3) is 0 Å². The Balaban J connectivity index is 1.98. The van der Waals surface area contributed by atoms with Gasteiger partial charge in [-0.1, -0.05) is 6.92 Å². The molecular formula is C13H13FO2S. The smallest absolute Gasteiger partial charge is 0.170 e. The Morgan fingerprint density at radius 2 is 2.35 bits per heavy atom. The number of thioether (sulfide) groups is 1. The lowest BCUT2D eigenvalue weighted by molar-refractivity contribution is 0.0540. The van der Waals surface area contributed by atoms with Crippen LogP contribution in [0.1, 0.15) is 30.1 Å². The highest BCUT2D eigenvalue weighted by atomic mass is 32.2. The molecule has 2 aliphatic heterocycles. The normalized spacial score (nSPS) is 31.4. The molecule has 3 rings (SSSR count). The van der Waals surface area contributed by atoms with E-state index in [1.165, 1.54) is 12.1 Å². The second-order valence-electron chi connectivity index (χ2n) is 4.85. The Morgan fingerprint density at radius 3 is 3.06 bits per heavy atom. The van der Waals surface area contributed by atoms with Gasteiger partial charge >= 0.3 is 0 Å². The molecule has 0 aliphatic carbocycles. The van der Waals surface area contributed by atoms with E-state index in [4.69, 9.17) is 4.74 Å². The zero-order valence-electron chi connectivity index (χ0n) is 9.53. The van der Waals surface area contributed by atoms with Crippen molar-refractivity contribution >= 4 is 17.5 Å². The third-order valence-corrected chi connectivity index (χ3v) is 4.77. The van der Waals surface area contributed by atoms with Crippen LogP contribution in [0.5, 0.6) is 5.75 Å². The molecule has 0 radical (unpaired) electrons. The molecule has 2 nitrogen and oxygen atoms in total. The van der Waals surface area contributed by atoms with Crippen LogP contribution >= 0.6 is 11.8 Å². The van der Waals surface area contributed by atoms with Crippen LogP contribution in [0.3, 0.4) is 0 Å². The number of carbonyl (C=O) groups is 1. The van der Waals surface area contributed by atoms with Crippen molar-refractivity contribution in [3.63, 3.8) is 0 Å². The van der Waals surface area contributed by atoms with E-state index in [0.29, 0.717) is 23.0 Å². The fourth-order valence-electron chi connectivity index (χ4n) is 2.60. The van der Waals surface area contributed by atoms with E-state index in [0.717, 1.165) is 12.2 Å². The highest BCUT2D eigenvalue weighted by Crippen LogP contribution is 2.44. The molecule has 2 heterocycles. The number of rotatable bonds is 0. The van der Waals surface area contributed by atoms with Crippen molar-refractivity contribution in [3.8, 4) is 5.75 Å². The topological polar surface area (TPSA) is 26.3 Å². The minimum absolute atomic E-state index is 0.000417. The fourth-order valence-corrected chi connectivity index (χ4v) is 3.89. The second-order valence-corrected chi connectivity index (χ2v) is 6.28. The summed E-state index contributed by atoms with van der Waals surface area (Å²) in [6, 6.07) is 4.18. The Kier molecular flexibility index (Phi) is 2.43. The third kappa shape index (κ3) is 1.84. The van der Waals surface area contributed by atoms with Crippen molar-refractivity contribution in [2.75, 3.05) is 5.75 Å². The number of benzene rings is 1. The van der Waals surface area contributed by atoms with Crippen LogP contribution in [-0.4, -0.2) is 22.4 Å². The first-order chi connectivity index (χ1) is 8.08. The van der Waals surface area contributed by atoms with Gasteiger partial charge in [0.2, 0.25) is 0 Å². The Hall–Kier alpha value is -1.03. The number of ketones is 1. The van der Waals surface area contributed by atoms with Crippen LogP contribution < -0.4 is 4.74 Å². The van der Waals surface area contributed by atoms with E-state index < -0.39 is 0 Å². The van der Waals surface area contributed by atoms with Crippen molar-refractivity contribution in [3.05, 3.63) is 29.6 Å². The molecule has 1 fully saturated rings. The minimum Gasteiger partial charge on any atom is -0.485 e. The summed E-state index contributed by atoms with van der Waals surface area (Å²) in [5, 5.41) is 0.518. The summed E-state index contributed by atoms with van der Waals surface area (Å²) in [6.45, 7) is 2.15. The van der Waals surface area contributed by atoms with Crippen molar-refractivity contribution in [1.82, 2.24) is 0 Å². The maximum Gasteiger partial charge on any atom is 0.170 e.